The van der Waals surface area contributed by atoms with Crippen molar-refractivity contribution in [2.24, 2.45) is 17.8 Å². The summed E-state index contributed by atoms with van der Waals surface area (Å²) >= 11 is 0. The zero-order chi connectivity index (χ0) is 20.6. The van der Waals surface area contributed by atoms with E-state index in [9.17, 15) is 19.2 Å². The van der Waals surface area contributed by atoms with Crippen LogP contribution in [-0.4, -0.2) is 84.1 Å². The molecule has 0 saturated carbocycles. The molecule has 0 aromatic rings. The summed E-state index contributed by atoms with van der Waals surface area (Å²) in [6, 6.07) is 0. The van der Waals surface area contributed by atoms with Crippen LogP contribution < -0.4 is 5.32 Å². The minimum atomic E-state index is -0.389. The summed E-state index contributed by atoms with van der Waals surface area (Å²) < 4.78 is 0. The Bertz CT molecular complexity index is 669. The minimum Gasteiger partial charge on any atom is -0.351 e. The van der Waals surface area contributed by atoms with Crippen LogP contribution in [0.2, 0.25) is 0 Å². The fraction of sp³-hybridized carbons (Fsp3) is 0.800. The summed E-state index contributed by atoms with van der Waals surface area (Å²) in [5, 5.41) is 3.15. The van der Waals surface area contributed by atoms with E-state index in [1.165, 1.54) is 0 Å². The number of piperidine rings is 1. The van der Waals surface area contributed by atoms with Crippen LogP contribution in [0.5, 0.6) is 0 Å². The monoisotopic (exact) mass is 392 g/mol. The molecule has 3 heterocycles. The van der Waals surface area contributed by atoms with Gasteiger partial charge in [-0.2, -0.15) is 0 Å². The Labute approximate surface area is 166 Å². The molecule has 3 saturated heterocycles. The quantitative estimate of drug-likeness (QED) is 0.734. The van der Waals surface area contributed by atoms with Gasteiger partial charge in [-0.1, -0.05) is 0 Å². The molecule has 0 aromatic carbocycles. The Morgan fingerprint density at radius 3 is 1.89 bits per heavy atom. The van der Waals surface area contributed by atoms with Crippen molar-refractivity contribution < 1.29 is 19.2 Å². The van der Waals surface area contributed by atoms with E-state index in [-0.39, 0.29) is 53.3 Å². The molecule has 0 bridgehead atoms. The highest BCUT2D eigenvalue weighted by atomic mass is 16.2. The van der Waals surface area contributed by atoms with Crippen LogP contribution in [0, 0.1) is 17.8 Å². The Morgan fingerprint density at radius 2 is 1.43 bits per heavy atom. The van der Waals surface area contributed by atoms with Crippen molar-refractivity contribution in [3.63, 3.8) is 0 Å². The van der Waals surface area contributed by atoms with Gasteiger partial charge in [-0.3, -0.25) is 19.2 Å². The smallest absolute Gasteiger partial charge is 0.227 e. The molecule has 156 valence electrons. The summed E-state index contributed by atoms with van der Waals surface area (Å²) in [5.41, 5.74) is -0.389. The first kappa shape index (κ1) is 20.6. The number of nitrogens with zero attached hydrogens (tertiary/aromatic N) is 3. The van der Waals surface area contributed by atoms with E-state index in [1.54, 1.807) is 23.9 Å². The Morgan fingerprint density at radius 1 is 0.929 bits per heavy atom. The predicted molar refractivity (Wildman–Crippen MR) is 103 cm³/mol. The number of hydrogen-bond acceptors (Lipinski definition) is 4. The van der Waals surface area contributed by atoms with Gasteiger partial charge >= 0.3 is 0 Å². The van der Waals surface area contributed by atoms with Crippen molar-refractivity contribution in [2.75, 3.05) is 40.3 Å². The SMILES string of the molecule is CN1CC(C(=O)NC(C)(C)C2CCN(C(=O)C3CC(=O)N(C)C3)CC2)CC1=O. The van der Waals surface area contributed by atoms with Crippen LogP contribution in [0.1, 0.15) is 39.5 Å². The van der Waals surface area contributed by atoms with E-state index in [2.05, 4.69) is 5.32 Å². The van der Waals surface area contributed by atoms with Crippen molar-refractivity contribution in [3.8, 4) is 0 Å². The zero-order valence-corrected chi connectivity index (χ0v) is 17.4. The maximum absolute atomic E-state index is 12.7. The minimum absolute atomic E-state index is 0.0146. The Kier molecular flexibility index (Phi) is 5.68. The highest BCUT2D eigenvalue weighted by Crippen LogP contribution is 2.30. The van der Waals surface area contributed by atoms with Gasteiger partial charge in [0.2, 0.25) is 23.6 Å². The van der Waals surface area contributed by atoms with Crippen molar-refractivity contribution >= 4 is 23.6 Å². The number of likely N-dealkylation sites (tertiary alicyclic amines) is 3. The normalized spacial score (nSPS) is 26.9. The van der Waals surface area contributed by atoms with E-state index in [4.69, 9.17) is 0 Å². The Hall–Kier alpha value is -2.12. The van der Waals surface area contributed by atoms with Gasteiger partial charge in [0.05, 0.1) is 11.8 Å². The van der Waals surface area contributed by atoms with Crippen molar-refractivity contribution in [1.82, 2.24) is 20.0 Å². The number of hydrogen-bond donors (Lipinski definition) is 1. The van der Waals surface area contributed by atoms with E-state index >= 15 is 0 Å². The largest absolute Gasteiger partial charge is 0.351 e. The third kappa shape index (κ3) is 4.15. The number of rotatable bonds is 4. The second-order valence-corrected chi connectivity index (χ2v) is 9.16. The second-order valence-electron chi connectivity index (χ2n) is 9.16. The number of nitrogens with one attached hydrogen (secondary N) is 1. The summed E-state index contributed by atoms with van der Waals surface area (Å²) in [6.45, 7) is 6.34. The van der Waals surface area contributed by atoms with Crippen LogP contribution in [0.15, 0.2) is 0 Å². The van der Waals surface area contributed by atoms with Crippen LogP contribution in [0.4, 0.5) is 0 Å². The van der Waals surface area contributed by atoms with E-state index < -0.39 is 0 Å². The molecule has 8 nitrogen and oxygen atoms in total. The topological polar surface area (TPSA) is 90.0 Å². The molecular formula is C20H32N4O4. The first-order chi connectivity index (χ1) is 13.1. The zero-order valence-electron chi connectivity index (χ0n) is 17.4. The van der Waals surface area contributed by atoms with Gasteiger partial charge in [0, 0.05) is 58.7 Å². The van der Waals surface area contributed by atoms with Gasteiger partial charge < -0.3 is 20.0 Å². The summed E-state index contributed by atoms with van der Waals surface area (Å²) in [4.78, 5) is 53.8. The molecule has 0 aromatic heterocycles. The lowest BCUT2D eigenvalue weighted by Crippen LogP contribution is -2.54. The maximum atomic E-state index is 12.7. The first-order valence-electron chi connectivity index (χ1n) is 10.2. The van der Waals surface area contributed by atoms with E-state index in [1.807, 2.05) is 18.7 Å². The first-order valence-corrected chi connectivity index (χ1v) is 10.2. The summed E-state index contributed by atoms with van der Waals surface area (Å²) in [6.07, 6.45) is 2.23. The predicted octanol–water partition coefficient (Wildman–Crippen LogP) is 0.0764. The third-order valence-electron chi connectivity index (χ3n) is 6.67. The van der Waals surface area contributed by atoms with Crippen LogP contribution in [0.3, 0.4) is 0 Å². The maximum Gasteiger partial charge on any atom is 0.227 e. The molecule has 0 radical (unpaired) electrons. The third-order valence-corrected chi connectivity index (χ3v) is 6.67. The molecule has 2 atom stereocenters. The molecule has 8 heteroatoms. The molecule has 1 N–H and O–H groups in total. The molecule has 3 aliphatic heterocycles. The molecule has 0 aliphatic carbocycles. The van der Waals surface area contributed by atoms with E-state index in [0.29, 0.717) is 32.6 Å². The molecule has 4 amide bonds. The van der Waals surface area contributed by atoms with Crippen LogP contribution in [-0.2, 0) is 19.2 Å². The van der Waals surface area contributed by atoms with Crippen molar-refractivity contribution in [2.45, 2.75) is 45.1 Å². The fourth-order valence-corrected chi connectivity index (χ4v) is 4.67. The average molecular weight is 393 g/mol. The molecule has 28 heavy (non-hydrogen) atoms. The van der Waals surface area contributed by atoms with Gasteiger partial charge in [-0.15, -0.1) is 0 Å². The van der Waals surface area contributed by atoms with Gasteiger partial charge in [0.15, 0.2) is 0 Å². The second kappa shape index (κ2) is 7.72. The highest BCUT2D eigenvalue weighted by molar-refractivity contribution is 5.90. The standard InChI is InChI=1S/C20H32N4O4/c1-20(2,21-18(27)13-9-16(25)22(3)11-13)15-5-7-24(8-6-15)19(28)14-10-17(26)23(4)12-14/h13-15H,5-12H2,1-4H3,(H,21,27). The van der Waals surface area contributed by atoms with Gasteiger partial charge in [0.1, 0.15) is 0 Å². The molecule has 3 aliphatic rings. The Balaban J connectivity index is 1.50. The molecule has 0 spiro atoms. The molecule has 3 fully saturated rings. The van der Waals surface area contributed by atoms with Gasteiger partial charge in [0.25, 0.3) is 0 Å². The van der Waals surface area contributed by atoms with Crippen molar-refractivity contribution in [1.29, 1.82) is 0 Å². The molecule has 2 unspecified atom stereocenters. The highest BCUT2D eigenvalue weighted by Gasteiger charge is 2.40. The summed E-state index contributed by atoms with van der Waals surface area (Å²) in [5.74, 6) is -0.176. The lowest BCUT2D eigenvalue weighted by molar-refractivity contribution is -0.138. The average Bonchev–Trinajstić information content (AvgIpc) is 3.16. The van der Waals surface area contributed by atoms with Crippen LogP contribution in [0.25, 0.3) is 0 Å². The summed E-state index contributed by atoms with van der Waals surface area (Å²) in [7, 11) is 3.46. The molecule has 3 rings (SSSR count). The number of carbonyl (C=O) groups is 4. The van der Waals surface area contributed by atoms with Crippen LogP contribution >= 0.6 is 0 Å². The fourth-order valence-electron chi connectivity index (χ4n) is 4.67. The van der Waals surface area contributed by atoms with E-state index in [0.717, 1.165) is 12.8 Å². The van der Waals surface area contributed by atoms with Gasteiger partial charge in [-0.05, 0) is 32.6 Å². The lowest BCUT2D eigenvalue weighted by Gasteiger charge is -2.42. The van der Waals surface area contributed by atoms with Crippen molar-refractivity contribution in [3.05, 3.63) is 0 Å². The van der Waals surface area contributed by atoms with Gasteiger partial charge in [-0.25, -0.2) is 0 Å². The molecular weight excluding hydrogens is 360 g/mol. The number of amides is 4. The number of carbonyl (C=O) groups excluding carboxylic acids is 4. The lowest BCUT2D eigenvalue weighted by atomic mass is 9.79.